The van der Waals surface area contributed by atoms with E-state index in [4.69, 9.17) is 57.1 Å². The summed E-state index contributed by atoms with van der Waals surface area (Å²) in [6, 6.07) is -4.07. The normalized spacial score (nSPS) is 52.3. The van der Waals surface area contributed by atoms with E-state index < -0.39 is 128 Å². The molecule has 20 unspecified atom stereocenters. The molecule has 3 heterocycles. The van der Waals surface area contributed by atoms with Gasteiger partial charge in [0.2, 0.25) is 5.91 Å². The second-order valence-electron chi connectivity index (χ2n) is 13.7. The summed E-state index contributed by atoms with van der Waals surface area (Å²) in [5.74, 6) is -4.44. The lowest BCUT2D eigenvalue weighted by Crippen LogP contribution is -2.69. The molecule has 18 N–H and O–H groups in total. The highest BCUT2D eigenvalue weighted by Crippen LogP contribution is 2.53. The topological polar surface area (TPSA) is 356 Å². The number of amides is 1. The van der Waals surface area contributed by atoms with Crippen LogP contribution in [0.15, 0.2) is 0 Å². The summed E-state index contributed by atoms with van der Waals surface area (Å²) in [6.07, 6.45) is -17.3. The molecule has 0 spiro atoms. The van der Waals surface area contributed by atoms with Gasteiger partial charge < -0.3 is 98.2 Å². The standard InChI is InChI=1S/C28H52N6O14/c1-7(2)24(41)34-5-8-16(36)13-14(32)26(48-28(8,13)42)46-22-12(6-35)44-27(20(22)40)47-23-17(37)9(30)3-10(31)21(23)45-25-15(33)19(39)18(38)11(4-29)43-25/h7-23,25-27,35-40,42H,3-6,29-33H2,1-2H3,(H,34,41). The van der Waals surface area contributed by atoms with E-state index in [2.05, 4.69) is 5.32 Å². The summed E-state index contributed by atoms with van der Waals surface area (Å²) >= 11 is 0. The van der Waals surface area contributed by atoms with E-state index in [1.54, 1.807) is 13.8 Å². The molecule has 1 amide bonds. The van der Waals surface area contributed by atoms with Gasteiger partial charge in [-0.05, 0) is 6.42 Å². The summed E-state index contributed by atoms with van der Waals surface area (Å²) in [7, 11) is 0. The van der Waals surface area contributed by atoms with E-state index in [1.807, 2.05) is 0 Å². The van der Waals surface area contributed by atoms with Crippen molar-refractivity contribution in [3.8, 4) is 0 Å². The highest BCUT2D eigenvalue weighted by molar-refractivity contribution is 5.77. The number of nitrogens with two attached hydrogens (primary N) is 5. The van der Waals surface area contributed by atoms with Gasteiger partial charge in [-0.15, -0.1) is 0 Å². The maximum Gasteiger partial charge on any atom is 0.222 e. The van der Waals surface area contributed by atoms with Gasteiger partial charge in [0.15, 0.2) is 24.7 Å². The number of rotatable bonds is 11. The number of aliphatic hydroxyl groups is 7. The van der Waals surface area contributed by atoms with Gasteiger partial charge in [0, 0.05) is 31.1 Å². The van der Waals surface area contributed by atoms with Crippen molar-refractivity contribution in [2.24, 2.45) is 46.4 Å². The monoisotopic (exact) mass is 696 g/mol. The molecule has 278 valence electrons. The molecule has 0 aromatic rings. The Kier molecular flexibility index (Phi) is 11.7. The summed E-state index contributed by atoms with van der Waals surface area (Å²) in [6.45, 7) is 2.47. The average molecular weight is 697 g/mol. The van der Waals surface area contributed by atoms with Gasteiger partial charge in [-0.1, -0.05) is 13.8 Å². The van der Waals surface area contributed by atoms with Gasteiger partial charge in [-0.3, -0.25) is 4.79 Å². The number of carbonyl (C=O) groups excluding carboxylic acids is 1. The first-order valence-corrected chi connectivity index (χ1v) is 16.2. The third-order valence-corrected chi connectivity index (χ3v) is 10.2. The minimum absolute atomic E-state index is 0.0766. The van der Waals surface area contributed by atoms with Crippen LogP contribution in [0, 0.1) is 17.8 Å². The minimum atomic E-state index is -1.94. The van der Waals surface area contributed by atoms with Crippen LogP contribution in [-0.2, 0) is 33.2 Å². The number of carbonyl (C=O) groups is 1. The fourth-order valence-corrected chi connectivity index (χ4v) is 7.24. The van der Waals surface area contributed by atoms with Crippen LogP contribution < -0.4 is 34.0 Å². The fraction of sp³-hybridized carbons (Fsp3) is 0.964. The predicted molar refractivity (Wildman–Crippen MR) is 159 cm³/mol. The molecule has 0 bridgehead atoms. The molecule has 48 heavy (non-hydrogen) atoms. The Morgan fingerprint density at radius 1 is 0.812 bits per heavy atom. The Balaban J connectivity index is 1.27. The molecule has 2 aliphatic carbocycles. The lowest BCUT2D eigenvalue weighted by molar-refractivity contribution is -0.352. The summed E-state index contributed by atoms with van der Waals surface area (Å²) < 4.78 is 35.2. The molecule has 5 rings (SSSR count). The Morgan fingerprint density at radius 3 is 2.06 bits per heavy atom. The van der Waals surface area contributed by atoms with Crippen LogP contribution in [0.5, 0.6) is 0 Å². The number of fused-ring (bicyclic) bond motifs is 1. The maximum absolute atomic E-state index is 12.1. The molecule has 3 aliphatic heterocycles. The van der Waals surface area contributed by atoms with Crippen molar-refractivity contribution >= 4 is 5.91 Å². The van der Waals surface area contributed by atoms with Crippen molar-refractivity contribution in [1.82, 2.24) is 5.32 Å². The molecule has 20 nitrogen and oxygen atoms in total. The van der Waals surface area contributed by atoms with E-state index in [0.717, 1.165) is 0 Å². The number of aliphatic hydroxyl groups excluding tert-OH is 6. The smallest absolute Gasteiger partial charge is 0.222 e. The Labute approximate surface area is 276 Å². The van der Waals surface area contributed by atoms with Crippen LogP contribution in [0.1, 0.15) is 20.3 Å². The van der Waals surface area contributed by atoms with Gasteiger partial charge in [0.05, 0.1) is 42.7 Å². The van der Waals surface area contributed by atoms with Gasteiger partial charge in [-0.25, -0.2) is 0 Å². The zero-order valence-electron chi connectivity index (χ0n) is 26.8. The van der Waals surface area contributed by atoms with Crippen LogP contribution in [0.4, 0.5) is 0 Å². The third kappa shape index (κ3) is 6.74. The van der Waals surface area contributed by atoms with Crippen molar-refractivity contribution in [3.05, 3.63) is 0 Å². The minimum Gasteiger partial charge on any atom is -0.394 e. The van der Waals surface area contributed by atoms with Gasteiger partial charge >= 0.3 is 0 Å². The summed E-state index contributed by atoms with van der Waals surface area (Å²) in [5.41, 5.74) is 30.5. The molecule has 0 aromatic carbocycles. The van der Waals surface area contributed by atoms with E-state index in [-0.39, 0.29) is 31.3 Å². The number of nitrogens with one attached hydrogen (secondary N) is 1. The van der Waals surface area contributed by atoms with Gasteiger partial charge in [0.25, 0.3) is 0 Å². The fourth-order valence-electron chi connectivity index (χ4n) is 7.24. The van der Waals surface area contributed by atoms with Crippen LogP contribution >= 0.6 is 0 Å². The number of hydrogen-bond donors (Lipinski definition) is 13. The largest absolute Gasteiger partial charge is 0.394 e. The Hall–Kier alpha value is -1.25. The van der Waals surface area contributed by atoms with Crippen molar-refractivity contribution in [2.45, 2.75) is 130 Å². The zero-order valence-corrected chi connectivity index (χ0v) is 26.8. The van der Waals surface area contributed by atoms with Crippen molar-refractivity contribution < 1.29 is 69.0 Å². The summed E-state index contributed by atoms with van der Waals surface area (Å²) in [4.78, 5) is 12.1. The van der Waals surface area contributed by atoms with E-state index in [1.165, 1.54) is 0 Å². The van der Waals surface area contributed by atoms with Crippen LogP contribution in [-0.4, -0.2) is 171 Å². The van der Waals surface area contributed by atoms with Gasteiger partial charge in [-0.2, -0.15) is 0 Å². The number of hydrogen-bond acceptors (Lipinski definition) is 19. The Morgan fingerprint density at radius 2 is 1.44 bits per heavy atom. The quantitative estimate of drug-likeness (QED) is 0.0953. The SMILES string of the molecule is CC(C)C(=O)NCC1C(O)C2C(N)C(OC3C(CO)OC(OC4C(O)C(N)CC(N)C4OC4OC(CN)C(O)C(O)C4N)C3O)OC12O. The molecule has 20 atom stereocenters. The van der Waals surface area contributed by atoms with Crippen LogP contribution in [0.2, 0.25) is 0 Å². The third-order valence-electron chi connectivity index (χ3n) is 10.2. The first-order chi connectivity index (χ1) is 22.5. The summed E-state index contributed by atoms with van der Waals surface area (Å²) in [5, 5.41) is 77.7. The zero-order chi connectivity index (χ0) is 35.4. The molecule has 5 fully saturated rings. The molecular weight excluding hydrogens is 644 g/mol. The molecule has 5 aliphatic rings. The lowest BCUT2D eigenvalue weighted by Gasteiger charge is -2.51. The molecule has 0 aromatic heterocycles. The van der Waals surface area contributed by atoms with Crippen LogP contribution in [0.3, 0.4) is 0 Å². The van der Waals surface area contributed by atoms with E-state index in [9.17, 15) is 40.5 Å². The lowest BCUT2D eigenvalue weighted by atomic mass is 9.64. The first-order valence-electron chi connectivity index (χ1n) is 16.2. The first kappa shape index (κ1) is 38.0. The number of ether oxygens (including phenoxy) is 6. The van der Waals surface area contributed by atoms with Crippen molar-refractivity contribution in [2.75, 3.05) is 19.7 Å². The highest BCUT2D eigenvalue weighted by Gasteiger charge is 2.71. The molecule has 2 saturated carbocycles. The van der Waals surface area contributed by atoms with E-state index in [0.29, 0.717) is 0 Å². The van der Waals surface area contributed by atoms with Gasteiger partial charge in [0.1, 0.15) is 48.8 Å². The molecule has 20 heteroatoms. The second kappa shape index (κ2) is 14.8. The highest BCUT2D eigenvalue weighted by atomic mass is 16.8. The van der Waals surface area contributed by atoms with Crippen LogP contribution in [0.25, 0.3) is 0 Å². The van der Waals surface area contributed by atoms with Crippen molar-refractivity contribution in [1.29, 1.82) is 0 Å². The van der Waals surface area contributed by atoms with E-state index >= 15 is 0 Å². The molecule has 3 saturated heterocycles. The Bertz CT molecular complexity index is 1110. The average Bonchev–Trinajstić information content (AvgIpc) is 3.45. The molecule has 0 radical (unpaired) electrons. The second-order valence-corrected chi connectivity index (χ2v) is 13.7. The predicted octanol–water partition coefficient (Wildman–Crippen LogP) is -7.88. The maximum atomic E-state index is 12.1. The molecular formula is C28H52N6O14. The van der Waals surface area contributed by atoms with Crippen molar-refractivity contribution in [3.63, 3.8) is 0 Å².